The Morgan fingerprint density at radius 2 is 2.00 bits per heavy atom. The predicted molar refractivity (Wildman–Crippen MR) is 109 cm³/mol. The van der Waals surface area contributed by atoms with Gasteiger partial charge in [-0.15, -0.1) is 11.3 Å². The average molecular weight is 437 g/mol. The minimum Gasteiger partial charge on any atom is -0.466 e. The van der Waals surface area contributed by atoms with E-state index in [1.807, 2.05) is 35.2 Å². The predicted octanol–water partition coefficient (Wildman–Crippen LogP) is 4.50. The van der Waals surface area contributed by atoms with Gasteiger partial charge in [-0.05, 0) is 24.5 Å². The van der Waals surface area contributed by atoms with Crippen LogP contribution in [0.2, 0.25) is 0 Å². The van der Waals surface area contributed by atoms with Gasteiger partial charge in [-0.25, -0.2) is 9.97 Å². The lowest BCUT2D eigenvalue weighted by Gasteiger charge is -2.27. The van der Waals surface area contributed by atoms with Gasteiger partial charge in [-0.1, -0.05) is 30.3 Å². The fraction of sp³-hybridized carbons (Fsp3) is 0.429. The number of aromatic nitrogens is 2. The van der Waals surface area contributed by atoms with E-state index in [1.165, 1.54) is 17.7 Å². The molecule has 0 fully saturated rings. The molecule has 5 nitrogen and oxygen atoms in total. The van der Waals surface area contributed by atoms with Crippen molar-refractivity contribution in [3.63, 3.8) is 0 Å². The Hall–Kier alpha value is -2.23. The van der Waals surface area contributed by atoms with E-state index in [0.717, 1.165) is 26.2 Å². The summed E-state index contributed by atoms with van der Waals surface area (Å²) in [5, 5.41) is 11.1. The first-order valence-corrected chi connectivity index (χ1v) is 10.6. The highest BCUT2D eigenvalue weighted by molar-refractivity contribution is 7.18. The van der Waals surface area contributed by atoms with Gasteiger partial charge in [0.1, 0.15) is 11.2 Å². The number of benzene rings is 1. The fourth-order valence-corrected chi connectivity index (χ4v) is 4.95. The molecule has 1 aliphatic heterocycles. The fourth-order valence-electron chi connectivity index (χ4n) is 3.72. The van der Waals surface area contributed by atoms with Crippen LogP contribution in [-0.4, -0.2) is 45.3 Å². The lowest BCUT2D eigenvalue weighted by atomic mass is 10.0. The maximum atomic E-state index is 12.6. The number of rotatable bonds is 6. The lowest BCUT2D eigenvalue weighted by molar-refractivity contribution is -0.138. The molecule has 2 aromatic heterocycles. The molecular formula is C21H22F3N3O2S. The number of fused-ring (bicyclic) bond motifs is 3. The molecule has 9 heteroatoms. The summed E-state index contributed by atoms with van der Waals surface area (Å²) in [6.45, 7) is 2.66. The SMILES string of the molecule is CC(O)[C@@H](Oc1ncnc2sc3c(c12)CCN(CCC(F)(F)F)C3)c1ccccc1. The van der Waals surface area contributed by atoms with Crippen LogP contribution in [0.5, 0.6) is 5.88 Å². The Kier molecular flexibility index (Phi) is 5.95. The molecular weight excluding hydrogens is 415 g/mol. The molecule has 0 aliphatic carbocycles. The molecule has 3 heterocycles. The third-order valence-corrected chi connectivity index (χ3v) is 6.32. The Balaban J connectivity index is 1.61. The minimum absolute atomic E-state index is 0.00959. The highest BCUT2D eigenvalue weighted by Gasteiger charge is 2.31. The van der Waals surface area contributed by atoms with Crippen molar-refractivity contribution >= 4 is 21.6 Å². The van der Waals surface area contributed by atoms with Crippen molar-refractivity contribution in [3.8, 4) is 5.88 Å². The van der Waals surface area contributed by atoms with Gasteiger partial charge in [0.05, 0.1) is 17.9 Å². The second-order valence-electron chi connectivity index (χ2n) is 7.44. The van der Waals surface area contributed by atoms with E-state index < -0.39 is 24.8 Å². The Morgan fingerprint density at radius 3 is 2.70 bits per heavy atom. The number of nitrogens with zero attached hydrogens (tertiary/aromatic N) is 3. The Morgan fingerprint density at radius 1 is 1.23 bits per heavy atom. The summed E-state index contributed by atoms with van der Waals surface area (Å²) in [4.78, 5) is 12.2. The number of aliphatic hydroxyl groups excluding tert-OH is 1. The van der Waals surface area contributed by atoms with E-state index in [2.05, 4.69) is 9.97 Å². The van der Waals surface area contributed by atoms with Crippen molar-refractivity contribution in [3.05, 3.63) is 52.7 Å². The number of halogens is 3. The van der Waals surface area contributed by atoms with Crippen LogP contribution in [0.15, 0.2) is 36.7 Å². The summed E-state index contributed by atoms with van der Waals surface area (Å²) >= 11 is 1.47. The van der Waals surface area contributed by atoms with E-state index in [9.17, 15) is 18.3 Å². The Bertz CT molecular complexity index is 1010. The van der Waals surface area contributed by atoms with Gasteiger partial charge in [-0.2, -0.15) is 13.2 Å². The Labute approximate surface area is 176 Å². The van der Waals surface area contributed by atoms with Gasteiger partial charge in [0, 0.05) is 24.5 Å². The summed E-state index contributed by atoms with van der Waals surface area (Å²) in [6.07, 6.45) is -4.28. The van der Waals surface area contributed by atoms with Gasteiger partial charge in [0.25, 0.3) is 0 Å². The van der Waals surface area contributed by atoms with Gasteiger partial charge >= 0.3 is 6.18 Å². The third kappa shape index (κ3) is 4.58. The van der Waals surface area contributed by atoms with Crippen LogP contribution in [0.25, 0.3) is 10.2 Å². The number of hydrogen-bond donors (Lipinski definition) is 1. The molecule has 0 spiro atoms. The standard InChI is InChI=1S/C21H22F3N3O2S/c1-13(28)18(14-5-3-2-4-6-14)29-19-17-15-7-9-27(10-8-21(22,23)24)11-16(15)30-20(17)26-12-25-19/h2-6,12-13,18,28H,7-11H2,1H3/t13?,18-/m1/s1. The molecule has 4 rings (SSSR count). The van der Waals surface area contributed by atoms with E-state index >= 15 is 0 Å². The topological polar surface area (TPSA) is 58.5 Å². The molecule has 1 unspecified atom stereocenters. The summed E-state index contributed by atoms with van der Waals surface area (Å²) in [6, 6.07) is 9.43. The number of ether oxygens (including phenoxy) is 1. The first kappa shape index (κ1) is 21.0. The minimum atomic E-state index is -4.15. The van der Waals surface area contributed by atoms with Crippen LogP contribution in [0, 0.1) is 0 Å². The van der Waals surface area contributed by atoms with Gasteiger partial charge in [-0.3, -0.25) is 4.90 Å². The van der Waals surface area contributed by atoms with Crippen molar-refractivity contribution in [1.82, 2.24) is 14.9 Å². The summed E-state index contributed by atoms with van der Waals surface area (Å²) in [5.41, 5.74) is 1.87. The molecule has 1 aromatic carbocycles. The first-order valence-electron chi connectivity index (χ1n) is 9.76. The van der Waals surface area contributed by atoms with E-state index in [0.29, 0.717) is 25.4 Å². The van der Waals surface area contributed by atoms with Crippen LogP contribution in [0.3, 0.4) is 0 Å². The summed E-state index contributed by atoms with van der Waals surface area (Å²) < 4.78 is 43.9. The molecule has 1 aliphatic rings. The molecule has 0 radical (unpaired) electrons. The molecule has 3 aromatic rings. The second-order valence-corrected chi connectivity index (χ2v) is 8.53. The van der Waals surface area contributed by atoms with Crippen LogP contribution < -0.4 is 4.74 Å². The molecule has 30 heavy (non-hydrogen) atoms. The molecule has 0 saturated carbocycles. The highest BCUT2D eigenvalue weighted by atomic mass is 32.1. The van der Waals surface area contributed by atoms with Crippen molar-refractivity contribution in [2.45, 2.75) is 44.7 Å². The second kappa shape index (κ2) is 8.49. The summed E-state index contributed by atoms with van der Waals surface area (Å²) in [7, 11) is 0. The molecule has 0 saturated heterocycles. The van der Waals surface area contributed by atoms with E-state index in [4.69, 9.17) is 4.74 Å². The van der Waals surface area contributed by atoms with Gasteiger partial charge < -0.3 is 9.84 Å². The average Bonchev–Trinajstić information content (AvgIpc) is 3.09. The monoisotopic (exact) mass is 437 g/mol. The number of aliphatic hydroxyl groups is 1. The number of hydrogen-bond acceptors (Lipinski definition) is 6. The van der Waals surface area contributed by atoms with Crippen LogP contribution in [0.4, 0.5) is 13.2 Å². The van der Waals surface area contributed by atoms with Gasteiger partial charge in [0.15, 0.2) is 6.10 Å². The largest absolute Gasteiger partial charge is 0.466 e. The zero-order valence-electron chi connectivity index (χ0n) is 16.4. The number of alkyl halides is 3. The quantitative estimate of drug-likeness (QED) is 0.615. The van der Waals surface area contributed by atoms with Gasteiger partial charge in [0.2, 0.25) is 5.88 Å². The van der Waals surface area contributed by atoms with Crippen molar-refractivity contribution < 1.29 is 23.0 Å². The third-order valence-electron chi connectivity index (χ3n) is 5.20. The zero-order chi connectivity index (χ0) is 21.3. The maximum absolute atomic E-state index is 12.6. The van der Waals surface area contributed by atoms with Crippen LogP contribution >= 0.6 is 11.3 Å². The van der Waals surface area contributed by atoms with Crippen molar-refractivity contribution in [2.24, 2.45) is 0 Å². The molecule has 1 N–H and O–H groups in total. The van der Waals surface area contributed by atoms with Crippen molar-refractivity contribution in [2.75, 3.05) is 13.1 Å². The smallest absolute Gasteiger partial charge is 0.390 e. The highest BCUT2D eigenvalue weighted by Crippen LogP contribution is 2.39. The van der Waals surface area contributed by atoms with Crippen LogP contribution in [-0.2, 0) is 13.0 Å². The molecule has 160 valence electrons. The van der Waals surface area contributed by atoms with Crippen LogP contribution in [0.1, 0.15) is 35.5 Å². The molecule has 0 bridgehead atoms. The summed E-state index contributed by atoms with van der Waals surface area (Å²) in [5.74, 6) is 0.399. The maximum Gasteiger partial charge on any atom is 0.390 e. The van der Waals surface area contributed by atoms with E-state index in [1.54, 1.807) is 6.92 Å². The van der Waals surface area contributed by atoms with Crippen molar-refractivity contribution in [1.29, 1.82) is 0 Å². The lowest BCUT2D eigenvalue weighted by Crippen LogP contribution is -2.32. The molecule has 2 atom stereocenters. The molecule has 0 amide bonds. The zero-order valence-corrected chi connectivity index (χ0v) is 17.2. The first-order chi connectivity index (χ1) is 14.3. The number of thiophene rings is 1. The normalized spacial score (nSPS) is 17.0. The van der Waals surface area contributed by atoms with E-state index in [-0.39, 0.29) is 6.54 Å².